The molecule has 0 bridgehead atoms. The van der Waals surface area contributed by atoms with Crippen LogP contribution in [0.5, 0.6) is 0 Å². The van der Waals surface area contributed by atoms with E-state index in [-0.39, 0.29) is 5.48 Å². The molecule has 0 saturated heterocycles. The van der Waals surface area contributed by atoms with E-state index < -0.39 is 30.2 Å². The molecule has 0 spiro atoms. The van der Waals surface area contributed by atoms with Crippen molar-refractivity contribution in [3.05, 3.63) is 0 Å². The summed E-state index contributed by atoms with van der Waals surface area (Å²) in [5, 5.41) is 0. The van der Waals surface area contributed by atoms with Crippen molar-refractivity contribution in [3.63, 3.8) is 0 Å². The molecule has 0 aliphatic rings. The Hall–Kier alpha value is 0.629. The average Bonchev–Trinajstić information content (AvgIpc) is 1.88. The maximum absolute atomic E-state index is 8.52. The zero-order chi connectivity index (χ0) is 10.2. The zero-order valence-corrected chi connectivity index (χ0v) is 11.8. The first kappa shape index (κ1) is 19.2. The molecule has 0 aliphatic heterocycles. The zero-order valence-electron chi connectivity index (χ0n) is 8.16. The summed E-state index contributed by atoms with van der Waals surface area (Å²) in [5.74, 6) is 0. The van der Waals surface area contributed by atoms with Crippen molar-refractivity contribution in [2.45, 2.75) is 34.1 Å². The van der Waals surface area contributed by atoms with Crippen LogP contribution in [0.2, 0.25) is 13.3 Å². The van der Waals surface area contributed by atoms with Gasteiger partial charge in [0.2, 0.25) is 0 Å². The Kier molecular flexibility index (Phi) is 15.8. The fourth-order valence-corrected chi connectivity index (χ4v) is 5.03. The molecule has 7 heteroatoms. The molecule has 0 rings (SSSR count). The fourth-order valence-electron chi connectivity index (χ4n) is 0.750. The van der Waals surface area contributed by atoms with Crippen molar-refractivity contribution in [1.82, 2.24) is 0 Å². The molecule has 5 nitrogen and oxygen atoms in total. The Morgan fingerprint density at radius 3 is 1.15 bits per heavy atom. The third kappa shape index (κ3) is 32.5. The molecule has 0 heterocycles. The van der Waals surface area contributed by atoms with Crippen LogP contribution in [0.3, 0.4) is 0 Å². The first-order chi connectivity index (χ1) is 5.35. The van der Waals surface area contributed by atoms with Gasteiger partial charge in [-0.15, -0.1) is 0 Å². The molecule has 0 fully saturated rings. The van der Waals surface area contributed by atoms with E-state index in [0.717, 1.165) is 0 Å². The van der Waals surface area contributed by atoms with Crippen molar-refractivity contribution in [2.24, 2.45) is 0 Å². The molecule has 83 valence electrons. The predicted octanol–water partition coefficient (Wildman–Crippen LogP) is 0.378. The summed E-state index contributed by atoms with van der Waals surface area (Å²) in [7, 11) is -5.17. The van der Waals surface area contributed by atoms with E-state index in [0.29, 0.717) is 0 Å². The Morgan fingerprint density at radius 2 is 1.15 bits per heavy atom. The second kappa shape index (κ2) is 10.7. The van der Waals surface area contributed by atoms with E-state index in [9.17, 15) is 0 Å². The Bertz CT molecular complexity index is 162. The fraction of sp³-hybridized carbons (Fsp3) is 1.00. The molecule has 0 unspecified atom stereocenters. The Morgan fingerprint density at radius 1 is 1.00 bits per heavy atom. The van der Waals surface area contributed by atoms with Crippen LogP contribution in [-0.2, 0) is 10.4 Å². The van der Waals surface area contributed by atoms with E-state index in [1.807, 2.05) is 0 Å². The topological polar surface area (TPSA) is 112 Å². The summed E-state index contributed by atoms with van der Waals surface area (Å²) in [6.07, 6.45) is 0. The minimum absolute atomic E-state index is 0. The van der Waals surface area contributed by atoms with Gasteiger partial charge in [-0.2, -0.15) is 0 Å². The molecule has 1 radical (unpaired) electrons. The van der Waals surface area contributed by atoms with Gasteiger partial charge in [0.25, 0.3) is 0 Å². The van der Waals surface area contributed by atoms with Crippen molar-refractivity contribution >= 4 is 30.2 Å². The third-order valence-corrected chi connectivity index (χ3v) is 10.1. The van der Waals surface area contributed by atoms with Crippen molar-refractivity contribution in [2.75, 3.05) is 0 Å². The SMILES string of the molecule is C[CH2][Sn]([CH2]C)[CH2]C.O.O=S(=O)([O-])[O-]. The van der Waals surface area contributed by atoms with Gasteiger partial charge in [0, 0.05) is 10.4 Å². The van der Waals surface area contributed by atoms with Gasteiger partial charge < -0.3 is 14.6 Å². The van der Waals surface area contributed by atoms with Crippen LogP contribution >= 0.6 is 0 Å². The second-order valence-electron chi connectivity index (χ2n) is 2.22. The van der Waals surface area contributed by atoms with E-state index >= 15 is 0 Å². The van der Waals surface area contributed by atoms with Crippen LogP contribution in [0, 0.1) is 0 Å². The second-order valence-corrected chi connectivity index (χ2v) is 13.4. The van der Waals surface area contributed by atoms with Gasteiger partial charge in [-0.3, -0.25) is 8.42 Å². The van der Waals surface area contributed by atoms with Gasteiger partial charge in [0.1, 0.15) is 0 Å². The van der Waals surface area contributed by atoms with Gasteiger partial charge in [0.15, 0.2) is 0 Å². The summed E-state index contributed by atoms with van der Waals surface area (Å²) >= 11 is -0.653. The minimum Gasteiger partial charge on any atom is -0.759 e. The Labute approximate surface area is 87.2 Å². The van der Waals surface area contributed by atoms with Crippen molar-refractivity contribution in [1.29, 1.82) is 0 Å². The number of rotatable bonds is 3. The summed E-state index contributed by atoms with van der Waals surface area (Å²) in [6, 6.07) is 0. The van der Waals surface area contributed by atoms with E-state index in [4.69, 9.17) is 17.5 Å². The van der Waals surface area contributed by atoms with Crippen LogP contribution in [0.15, 0.2) is 0 Å². The van der Waals surface area contributed by atoms with Gasteiger partial charge in [0.05, 0.1) is 0 Å². The number of hydrogen-bond donors (Lipinski definition) is 0. The summed E-state index contributed by atoms with van der Waals surface area (Å²) in [4.78, 5) is 0. The first-order valence-corrected chi connectivity index (χ1v) is 11.2. The molecule has 2 N–H and O–H groups in total. The van der Waals surface area contributed by atoms with Gasteiger partial charge in [-0.05, 0) is 0 Å². The molecule has 0 aromatic rings. The van der Waals surface area contributed by atoms with Crippen LogP contribution in [0.25, 0.3) is 0 Å². The van der Waals surface area contributed by atoms with Gasteiger partial charge >= 0.3 is 53.8 Å². The molecule has 0 aliphatic carbocycles. The monoisotopic (exact) mass is 321 g/mol. The summed E-state index contributed by atoms with van der Waals surface area (Å²) in [5.41, 5.74) is 0. The third-order valence-electron chi connectivity index (χ3n) is 1.50. The van der Waals surface area contributed by atoms with Gasteiger partial charge in [-0.1, -0.05) is 0 Å². The molecule has 13 heavy (non-hydrogen) atoms. The quantitative estimate of drug-likeness (QED) is 0.425. The van der Waals surface area contributed by atoms with Crippen LogP contribution in [0.1, 0.15) is 20.8 Å². The summed E-state index contributed by atoms with van der Waals surface area (Å²) < 4.78 is 38.7. The summed E-state index contributed by atoms with van der Waals surface area (Å²) in [6.45, 7) is 7.05. The maximum Gasteiger partial charge on any atom is 0.0311 e. The molecule has 0 aromatic carbocycles. The Balaban J connectivity index is -0.000000150. The normalized spacial score (nSPS) is 10.0. The van der Waals surface area contributed by atoms with Crippen LogP contribution in [-0.4, -0.2) is 42.8 Å². The van der Waals surface area contributed by atoms with E-state index in [1.54, 1.807) is 13.3 Å². The largest absolute Gasteiger partial charge is 0.759 e. The van der Waals surface area contributed by atoms with Gasteiger partial charge in [-0.25, -0.2) is 0 Å². The maximum atomic E-state index is 8.52. The molecular formula is C6H17O5SSn-2. The molecule has 0 aromatic heterocycles. The smallest absolute Gasteiger partial charge is 0.0311 e. The first-order valence-electron chi connectivity index (χ1n) is 3.85. The standard InChI is InChI=1S/3C2H5.H2O4S.H2O.Sn/c3*1-2;1-5(2,3)4;;/h3*1H2,2H3;(H2,1,2,3,4);1H2;/p-2. The molecule has 0 atom stereocenters. The van der Waals surface area contributed by atoms with Crippen molar-refractivity contribution in [3.8, 4) is 0 Å². The van der Waals surface area contributed by atoms with E-state index in [2.05, 4.69) is 20.8 Å². The van der Waals surface area contributed by atoms with Crippen molar-refractivity contribution < 1.29 is 23.0 Å². The molecular weight excluding hydrogens is 303 g/mol. The van der Waals surface area contributed by atoms with Crippen LogP contribution in [0.4, 0.5) is 0 Å². The predicted molar refractivity (Wildman–Crippen MR) is 51.3 cm³/mol. The minimum atomic E-state index is -5.17. The average molecular weight is 320 g/mol. The number of hydrogen-bond acceptors (Lipinski definition) is 4. The van der Waals surface area contributed by atoms with E-state index in [1.165, 1.54) is 0 Å². The van der Waals surface area contributed by atoms with Crippen LogP contribution < -0.4 is 0 Å². The molecule has 0 amide bonds. The molecule has 0 saturated carbocycles.